The minimum absolute atomic E-state index is 0.0236. The highest BCUT2D eigenvalue weighted by molar-refractivity contribution is 7.87. The van der Waals surface area contributed by atoms with Crippen LogP contribution >= 0.6 is 11.6 Å². The van der Waals surface area contributed by atoms with Gasteiger partial charge < -0.3 is 4.18 Å². The molecule has 2 aromatic rings. The van der Waals surface area contributed by atoms with Crippen LogP contribution in [0.25, 0.3) is 5.57 Å². The average Bonchev–Trinajstić information content (AvgIpc) is 3.01. The zero-order valence-electron chi connectivity index (χ0n) is 20.2. The Morgan fingerprint density at radius 1 is 1.16 bits per heavy atom. The molecular formula is C24H33ClN2O4S. The summed E-state index contributed by atoms with van der Waals surface area (Å²) in [5.41, 5.74) is 4.66. The molecule has 1 atom stereocenters. The lowest BCUT2D eigenvalue weighted by Crippen LogP contribution is -2.24. The lowest BCUT2D eigenvalue weighted by molar-refractivity contribution is 0.103. The minimum Gasteiger partial charge on any atom is -0.361 e. The largest absolute Gasteiger partial charge is 0.361 e. The Kier molecular flexibility index (Phi) is 8.34. The predicted molar refractivity (Wildman–Crippen MR) is 130 cm³/mol. The highest BCUT2D eigenvalue weighted by atomic mass is 35.5. The number of benzene rings is 1. The van der Waals surface area contributed by atoms with Crippen molar-refractivity contribution >= 4 is 33.1 Å². The molecule has 0 bridgehead atoms. The summed E-state index contributed by atoms with van der Waals surface area (Å²) in [6.07, 6.45) is 1.10. The zero-order chi connectivity index (χ0) is 24.4. The Hall–Kier alpha value is -2.12. The second-order valence-electron chi connectivity index (χ2n) is 8.33. The summed E-state index contributed by atoms with van der Waals surface area (Å²) in [7, 11) is -3.92. The smallest absolute Gasteiger partial charge is 0.313 e. The Bertz CT molecular complexity index is 1160. The molecule has 0 fully saturated rings. The molecule has 0 aliphatic heterocycles. The number of rotatable bonds is 9. The third-order valence-corrected chi connectivity index (χ3v) is 7.81. The first kappa shape index (κ1) is 26.1. The third-order valence-electron chi connectivity index (χ3n) is 5.79. The van der Waals surface area contributed by atoms with Gasteiger partial charge in [-0.2, -0.15) is 13.5 Å². The molecule has 32 heavy (non-hydrogen) atoms. The summed E-state index contributed by atoms with van der Waals surface area (Å²) in [6.45, 7) is 15.2. The Morgan fingerprint density at radius 2 is 1.78 bits per heavy atom. The lowest BCUT2D eigenvalue weighted by Gasteiger charge is -2.16. The van der Waals surface area contributed by atoms with Crippen LogP contribution in [-0.4, -0.2) is 29.2 Å². The number of hydrogen-bond acceptors (Lipinski definition) is 5. The van der Waals surface area contributed by atoms with Crippen LogP contribution in [0.4, 0.5) is 0 Å². The molecule has 0 saturated carbocycles. The second-order valence-corrected chi connectivity index (χ2v) is 10.7. The van der Waals surface area contributed by atoms with Crippen LogP contribution in [0.2, 0.25) is 5.02 Å². The molecule has 1 heterocycles. The summed E-state index contributed by atoms with van der Waals surface area (Å²) in [5.74, 6) is -0.360. The number of carbonyl (C=O) groups excluding carboxylic acids is 1. The van der Waals surface area contributed by atoms with Crippen molar-refractivity contribution in [3.8, 4) is 5.88 Å². The van der Waals surface area contributed by atoms with Crippen molar-refractivity contribution in [3.05, 3.63) is 50.7 Å². The standard InChI is InChI=1S/C24H33ClN2O4S/c1-9-13-27-24(31-32(29,30)15(5)10-2)22(18(8)26-27)23(28)19-11-12-20(25)21(17(19)7)16(6)14(3)4/h11-12,15H,9-10,13H2,1-8H3. The zero-order valence-corrected chi connectivity index (χ0v) is 21.7. The van der Waals surface area contributed by atoms with Crippen molar-refractivity contribution in [2.75, 3.05) is 0 Å². The van der Waals surface area contributed by atoms with Gasteiger partial charge in [-0.1, -0.05) is 31.0 Å². The van der Waals surface area contributed by atoms with E-state index in [1.807, 2.05) is 34.6 Å². The molecule has 176 valence electrons. The molecule has 1 aromatic carbocycles. The molecule has 0 amide bonds. The van der Waals surface area contributed by atoms with E-state index < -0.39 is 15.4 Å². The van der Waals surface area contributed by atoms with E-state index >= 15 is 0 Å². The molecular weight excluding hydrogens is 448 g/mol. The Labute approximate surface area is 196 Å². The predicted octanol–water partition coefficient (Wildman–Crippen LogP) is 6.11. The maximum atomic E-state index is 13.7. The quantitative estimate of drug-likeness (QED) is 0.319. The Morgan fingerprint density at radius 3 is 2.31 bits per heavy atom. The second kappa shape index (κ2) is 10.2. The van der Waals surface area contributed by atoms with Gasteiger partial charge >= 0.3 is 10.1 Å². The summed E-state index contributed by atoms with van der Waals surface area (Å²) >= 11 is 6.47. The topological polar surface area (TPSA) is 78.3 Å². The fourth-order valence-electron chi connectivity index (χ4n) is 3.44. The summed E-state index contributed by atoms with van der Waals surface area (Å²) in [4.78, 5) is 13.7. The average molecular weight is 481 g/mol. The molecule has 0 N–H and O–H groups in total. The molecule has 2 rings (SSSR count). The van der Waals surface area contributed by atoms with E-state index in [0.29, 0.717) is 35.7 Å². The molecule has 8 heteroatoms. The molecule has 0 aliphatic rings. The van der Waals surface area contributed by atoms with Gasteiger partial charge in [-0.3, -0.25) is 4.79 Å². The normalized spacial score (nSPS) is 12.5. The van der Waals surface area contributed by atoms with Crippen LogP contribution in [0, 0.1) is 13.8 Å². The number of allylic oxidation sites excluding steroid dienone is 2. The van der Waals surface area contributed by atoms with E-state index in [1.165, 1.54) is 4.68 Å². The molecule has 6 nitrogen and oxygen atoms in total. The van der Waals surface area contributed by atoms with Gasteiger partial charge in [0.05, 0.1) is 10.9 Å². The van der Waals surface area contributed by atoms with Crippen LogP contribution in [0.15, 0.2) is 17.7 Å². The number of ketones is 1. The van der Waals surface area contributed by atoms with Gasteiger partial charge in [-0.25, -0.2) is 4.68 Å². The van der Waals surface area contributed by atoms with E-state index in [9.17, 15) is 13.2 Å². The van der Waals surface area contributed by atoms with Crippen LogP contribution in [0.3, 0.4) is 0 Å². The van der Waals surface area contributed by atoms with Crippen molar-refractivity contribution in [1.29, 1.82) is 0 Å². The fourth-order valence-corrected chi connectivity index (χ4v) is 4.74. The van der Waals surface area contributed by atoms with Crippen LogP contribution in [-0.2, 0) is 16.7 Å². The van der Waals surface area contributed by atoms with E-state index in [4.69, 9.17) is 15.8 Å². The molecule has 0 radical (unpaired) electrons. The first-order valence-electron chi connectivity index (χ1n) is 10.9. The van der Waals surface area contributed by atoms with Gasteiger partial charge in [0.2, 0.25) is 11.7 Å². The summed E-state index contributed by atoms with van der Waals surface area (Å²) in [6, 6.07) is 3.37. The van der Waals surface area contributed by atoms with Crippen LogP contribution < -0.4 is 4.18 Å². The van der Waals surface area contributed by atoms with Crippen molar-refractivity contribution in [2.45, 2.75) is 80.0 Å². The highest BCUT2D eigenvalue weighted by Crippen LogP contribution is 2.34. The number of hydrogen-bond donors (Lipinski definition) is 0. The first-order valence-corrected chi connectivity index (χ1v) is 12.7. The molecule has 1 unspecified atom stereocenters. The van der Waals surface area contributed by atoms with Crippen LogP contribution in [0.1, 0.15) is 87.1 Å². The van der Waals surface area contributed by atoms with Crippen LogP contribution in [0.5, 0.6) is 5.88 Å². The van der Waals surface area contributed by atoms with Crippen molar-refractivity contribution in [2.24, 2.45) is 0 Å². The summed E-state index contributed by atoms with van der Waals surface area (Å²) < 4.78 is 32.5. The molecule has 0 aliphatic carbocycles. The number of carbonyl (C=O) groups is 1. The van der Waals surface area contributed by atoms with Gasteiger partial charge in [0.15, 0.2) is 0 Å². The SMILES string of the molecule is CCCn1nc(C)c(C(=O)c2ccc(Cl)c(C(C)=C(C)C)c2C)c1OS(=O)(=O)C(C)CC. The number of aryl methyl sites for hydroxylation is 2. The minimum atomic E-state index is -3.92. The van der Waals surface area contributed by atoms with Gasteiger partial charge in [-0.15, -0.1) is 0 Å². The van der Waals surface area contributed by atoms with Crippen molar-refractivity contribution < 1.29 is 17.4 Å². The number of nitrogens with zero attached hydrogens (tertiary/aromatic N) is 2. The fraction of sp³-hybridized carbons (Fsp3) is 0.500. The van der Waals surface area contributed by atoms with Gasteiger partial charge in [0, 0.05) is 17.1 Å². The van der Waals surface area contributed by atoms with Gasteiger partial charge in [-0.05, 0) is 83.2 Å². The number of halogens is 1. The number of aromatic nitrogens is 2. The van der Waals surface area contributed by atoms with Crippen molar-refractivity contribution in [1.82, 2.24) is 9.78 Å². The van der Waals surface area contributed by atoms with E-state index in [0.717, 1.165) is 22.3 Å². The maximum absolute atomic E-state index is 13.7. The van der Waals surface area contributed by atoms with Gasteiger partial charge in [0.1, 0.15) is 5.56 Å². The highest BCUT2D eigenvalue weighted by Gasteiger charge is 2.31. The first-order chi connectivity index (χ1) is 14.9. The summed E-state index contributed by atoms with van der Waals surface area (Å²) in [5, 5.41) is 4.27. The van der Waals surface area contributed by atoms with E-state index in [2.05, 4.69) is 5.10 Å². The lowest BCUT2D eigenvalue weighted by atomic mass is 9.91. The molecule has 1 aromatic heterocycles. The van der Waals surface area contributed by atoms with E-state index in [1.54, 1.807) is 32.9 Å². The van der Waals surface area contributed by atoms with E-state index in [-0.39, 0.29) is 17.2 Å². The Balaban J connectivity index is 2.73. The van der Waals surface area contributed by atoms with Gasteiger partial charge in [0.25, 0.3) is 0 Å². The molecule has 0 spiro atoms. The third kappa shape index (κ3) is 5.09. The van der Waals surface area contributed by atoms with Crippen molar-refractivity contribution in [3.63, 3.8) is 0 Å². The monoisotopic (exact) mass is 480 g/mol. The maximum Gasteiger partial charge on any atom is 0.313 e. The molecule has 0 saturated heterocycles.